The Morgan fingerprint density at radius 3 is 2.54 bits per heavy atom. The average Bonchev–Trinajstić information content (AvgIpc) is 3.12. The number of azo groups is 1. The maximum absolute atomic E-state index is 13.0. The molecule has 1 aliphatic rings. The predicted molar refractivity (Wildman–Crippen MR) is 99.4 cm³/mol. The molecule has 1 heterocycles. The second-order valence-corrected chi connectivity index (χ2v) is 6.89. The minimum Gasteiger partial charge on any atom is -0.493 e. The van der Waals surface area contributed by atoms with Gasteiger partial charge in [-0.3, -0.25) is 9.36 Å². The molecule has 0 atom stereocenters. The number of pyridine rings is 1. The summed E-state index contributed by atoms with van der Waals surface area (Å²) in [6.45, 7) is 5.51. The van der Waals surface area contributed by atoms with Crippen molar-refractivity contribution in [3.63, 3.8) is 0 Å². The van der Waals surface area contributed by atoms with E-state index in [2.05, 4.69) is 10.2 Å². The van der Waals surface area contributed by atoms with Gasteiger partial charge in [-0.25, -0.2) is 0 Å². The molecule has 0 spiro atoms. The van der Waals surface area contributed by atoms with Crippen LogP contribution in [0.4, 0.5) is 11.4 Å². The molecule has 6 heteroatoms. The first-order valence-electron chi connectivity index (χ1n) is 8.81. The van der Waals surface area contributed by atoms with E-state index in [0.29, 0.717) is 11.3 Å². The van der Waals surface area contributed by atoms with Crippen LogP contribution in [0.1, 0.15) is 54.0 Å². The minimum absolute atomic E-state index is 0.0893. The molecule has 6 nitrogen and oxygen atoms in total. The maximum Gasteiger partial charge on any atom is 0.281 e. The first-order valence-corrected chi connectivity index (χ1v) is 8.81. The Morgan fingerprint density at radius 1 is 1.19 bits per heavy atom. The van der Waals surface area contributed by atoms with Gasteiger partial charge in [0.15, 0.2) is 5.69 Å². The number of aromatic hydroxyl groups is 1. The third-order valence-electron chi connectivity index (χ3n) is 5.03. The molecule has 0 bridgehead atoms. The lowest BCUT2D eigenvalue weighted by Crippen LogP contribution is -2.24. The largest absolute Gasteiger partial charge is 0.493 e. The number of benzene rings is 1. The summed E-state index contributed by atoms with van der Waals surface area (Å²) in [6.07, 6.45) is 3.64. The van der Waals surface area contributed by atoms with E-state index in [-0.39, 0.29) is 28.7 Å². The van der Waals surface area contributed by atoms with Crippen LogP contribution in [0.2, 0.25) is 0 Å². The standard InChI is InChI=1S/C20H22N4O2/c1-12-8-9-13(2)17(10-12)22-23-18-14(3)16(11-21)19(25)24(20(18)26)15-6-4-5-7-15/h8-10,15,25H,4-7H2,1-3H3. The summed E-state index contributed by atoms with van der Waals surface area (Å²) in [5.74, 6) is -0.257. The van der Waals surface area contributed by atoms with Crippen LogP contribution < -0.4 is 5.56 Å². The van der Waals surface area contributed by atoms with Crippen LogP contribution in [-0.2, 0) is 0 Å². The van der Waals surface area contributed by atoms with Gasteiger partial charge in [-0.15, -0.1) is 5.11 Å². The van der Waals surface area contributed by atoms with E-state index in [1.165, 1.54) is 4.57 Å². The van der Waals surface area contributed by atoms with Crippen molar-refractivity contribution >= 4 is 11.4 Å². The summed E-state index contributed by atoms with van der Waals surface area (Å²) in [7, 11) is 0. The zero-order chi connectivity index (χ0) is 18.8. The molecule has 1 fully saturated rings. The van der Waals surface area contributed by atoms with Crippen molar-refractivity contribution in [3.05, 3.63) is 50.8 Å². The van der Waals surface area contributed by atoms with E-state index in [4.69, 9.17) is 0 Å². The summed E-state index contributed by atoms with van der Waals surface area (Å²) in [4.78, 5) is 13.0. The summed E-state index contributed by atoms with van der Waals surface area (Å²) >= 11 is 0. The molecule has 1 aromatic carbocycles. The Labute approximate surface area is 152 Å². The molecule has 1 saturated carbocycles. The topological polar surface area (TPSA) is 90.7 Å². The van der Waals surface area contributed by atoms with Crippen LogP contribution in [0.5, 0.6) is 5.88 Å². The normalized spacial score (nSPS) is 14.8. The summed E-state index contributed by atoms with van der Waals surface area (Å²) in [6, 6.07) is 7.74. The first kappa shape index (κ1) is 17.9. The number of nitrogens with zero attached hydrogens (tertiary/aromatic N) is 4. The molecule has 0 saturated heterocycles. The molecule has 26 heavy (non-hydrogen) atoms. The number of hydrogen-bond donors (Lipinski definition) is 1. The van der Waals surface area contributed by atoms with Crippen LogP contribution in [0.15, 0.2) is 33.2 Å². The van der Waals surface area contributed by atoms with E-state index in [9.17, 15) is 15.2 Å². The molecule has 0 unspecified atom stereocenters. The van der Waals surface area contributed by atoms with E-state index < -0.39 is 0 Å². The van der Waals surface area contributed by atoms with Gasteiger partial charge in [0, 0.05) is 11.6 Å². The number of nitriles is 1. The fraction of sp³-hybridized carbons (Fsp3) is 0.400. The second-order valence-electron chi connectivity index (χ2n) is 6.89. The van der Waals surface area contributed by atoms with Crippen molar-refractivity contribution in [1.29, 1.82) is 5.26 Å². The fourth-order valence-electron chi connectivity index (χ4n) is 3.46. The van der Waals surface area contributed by atoms with Gasteiger partial charge in [-0.1, -0.05) is 25.0 Å². The van der Waals surface area contributed by atoms with Gasteiger partial charge >= 0.3 is 0 Å². The Balaban J connectivity index is 2.16. The van der Waals surface area contributed by atoms with Crippen molar-refractivity contribution in [1.82, 2.24) is 4.57 Å². The molecule has 134 valence electrons. The molecule has 3 rings (SSSR count). The third kappa shape index (κ3) is 3.13. The van der Waals surface area contributed by atoms with Gasteiger partial charge in [0.2, 0.25) is 5.88 Å². The van der Waals surface area contributed by atoms with Crippen molar-refractivity contribution in [2.45, 2.75) is 52.5 Å². The third-order valence-corrected chi connectivity index (χ3v) is 5.03. The highest BCUT2D eigenvalue weighted by Gasteiger charge is 2.26. The highest BCUT2D eigenvalue weighted by atomic mass is 16.3. The van der Waals surface area contributed by atoms with Crippen molar-refractivity contribution in [3.8, 4) is 11.9 Å². The van der Waals surface area contributed by atoms with Gasteiger partial charge in [0.1, 0.15) is 11.6 Å². The molecule has 2 aromatic rings. The summed E-state index contributed by atoms with van der Waals surface area (Å²) in [5.41, 5.74) is 2.86. The monoisotopic (exact) mass is 350 g/mol. The lowest BCUT2D eigenvalue weighted by Gasteiger charge is -2.18. The van der Waals surface area contributed by atoms with Crippen LogP contribution in [-0.4, -0.2) is 9.67 Å². The molecule has 0 amide bonds. The van der Waals surface area contributed by atoms with E-state index >= 15 is 0 Å². The maximum atomic E-state index is 13.0. The fourth-order valence-corrected chi connectivity index (χ4v) is 3.46. The number of rotatable bonds is 3. The lowest BCUT2D eigenvalue weighted by atomic mass is 10.1. The minimum atomic E-state index is -0.389. The van der Waals surface area contributed by atoms with Crippen LogP contribution in [0.25, 0.3) is 0 Å². The molecular formula is C20H22N4O2. The SMILES string of the molecule is Cc1ccc(C)c(N=Nc2c(C)c(C#N)c(O)n(C3CCCC3)c2=O)c1. The van der Waals surface area contributed by atoms with E-state index in [1.54, 1.807) is 6.92 Å². The smallest absolute Gasteiger partial charge is 0.281 e. The van der Waals surface area contributed by atoms with Gasteiger partial charge < -0.3 is 5.11 Å². The second kappa shape index (κ2) is 7.12. The van der Waals surface area contributed by atoms with E-state index in [0.717, 1.165) is 36.8 Å². The quantitative estimate of drug-likeness (QED) is 0.800. The predicted octanol–water partition coefficient (Wildman–Crippen LogP) is 4.88. The number of hydrogen-bond acceptors (Lipinski definition) is 5. The van der Waals surface area contributed by atoms with Crippen LogP contribution >= 0.6 is 0 Å². The molecule has 1 N–H and O–H groups in total. The van der Waals surface area contributed by atoms with Crippen LogP contribution in [0, 0.1) is 32.1 Å². The zero-order valence-electron chi connectivity index (χ0n) is 15.3. The molecule has 0 aliphatic heterocycles. The zero-order valence-corrected chi connectivity index (χ0v) is 15.3. The molecular weight excluding hydrogens is 328 g/mol. The van der Waals surface area contributed by atoms with Gasteiger partial charge in [0.05, 0.1) is 5.69 Å². The number of aromatic nitrogens is 1. The van der Waals surface area contributed by atoms with Gasteiger partial charge in [-0.2, -0.15) is 10.4 Å². The Bertz CT molecular complexity index is 977. The number of aryl methyl sites for hydroxylation is 2. The molecule has 1 aliphatic carbocycles. The lowest BCUT2D eigenvalue weighted by molar-refractivity contribution is 0.368. The highest BCUT2D eigenvalue weighted by Crippen LogP contribution is 2.35. The van der Waals surface area contributed by atoms with Crippen LogP contribution in [0.3, 0.4) is 0 Å². The highest BCUT2D eigenvalue weighted by molar-refractivity contribution is 5.57. The Morgan fingerprint density at radius 2 is 1.88 bits per heavy atom. The Kier molecular flexibility index (Phi) is 4.90. The van der Waals surface area contributed by atoms with Gasteiger partial charge in [-0.05, 0) is 50.8 Å². The van der Waals surface area contributed by atoms with Crippen molar-refractivity contribution in [2.75, 3.05) is 0 Å². The van der Waals surface area contributed by atoms with Crippen molar-refractivity contribution in [2.24, 2.45) is 10.2 Å². The molecule has 1 aromatic heterocycles. The first-order chi connectivity index (χ1) is 12.4. The molecule has 0 radical (unpaired) electrons. The van der Waals surface area contributed by atoms with Crippen molar-refractivity contribution < 1.29 is 5.11 Å². The van der Waals surface area contributed by atoms with Gasteiger partial charge in [0.25, 0.3) is 5.56 Å². The van der Waals surface area contributed by atoms with E-state index in [1.807, 2.05) is 38.1 Å². The summed E-state index contributed by atoms with van der Waals surface area (Å²) in [5, 5.41) is 28.4. The summed E-state index contributed by atoms with van der Waals surface area (Å²) < 4.78 is 1.33. The average molecular weight is 350 g/mol. The Hall–Kier alpha value is -2.94.